The van der Waals surface area contributed by atoms with Gasteiger partial charge >= 0.3 is 0 Å². The van der Waals surface area contributed by atoms with E-state index in [4.69, 9.17) is 5.73 Å². The number of carbonyl (C=O) groups excluding carboxylic acids is 1. The first-order valence-electron chi connectivity index (χ1n) is 9.12. The molecule has 3 fully saturated rings. The number of amides is 1. The molecule has 0 radical (unpaired) electrons. The standard InChI is InChI=1S/C18H32N2O/c1-12-5-3-6-13(2)20(11-12)18(21)16-9-14-7-4-8-15(10-16)17(14)19/h12-17H,3-11,19H2,1-2H3. The van der Waals surface area contributed by atoms with Crippen LogP contribution in [0.15, 0.2) is 0 Å². The summed E-state index contributed by atoms with van der Waals surface area (Å²) in [5.74, 6) is 2.56. The molecule has 0 spiro atoms. The summed E-state index contributed by atoms with van der Waals surface area (Å²) in [6, 6.07) is 0.793. The highest BCUT2D eigenvalue weighted by Gasteiger charge is 2.42. The molecule has 3 heteroatoms. The van der Waals surface area contributed by atoms with Gasteiger partial charge in [-0.2, -0.15) is 0 Å². The lowest BCUT2D eigenvalue weighted by molar-refractivity contribution is -0.141. The van der Waals surface area contributed by atoms with Crippen LogP contribution in [0, 0.1) is 23.7 Å². The van der Waals surface area contributed by atoms with Gasteiger partial charge in [0.25, 0.3) is 0 Å². The Kier molecular flexibility index (Phi) is 4.58. The monoisotopic (exact) mass is 292 g/mol. The second kappa shape index (κ2) is 6.28. The van der Waals surface area contributed by atoms with Crippen molar-refractivity contribution in [2.45, 2.75) is 77.3 Å². The fourth-order valence-electron chi connectivity index (χ4n) is 5.06. The Hall–Kier alpha value is -0.570. The third-order valence-electron chi connectivity index (χ3n) is 6.40. The molecule has 3 nitrogen and oxygen atoms in total. The molecular weight excluding hydrogens is 260 g/mol. The summed E-state index contributed by atoms with van der Waals surface area (Å²) >= 11 is 0. The maximum atomic E-state index is 13.1. The summed E-state index contributed by atoms with van der Waals surface area (Å²) in [6.07, 6.45) is 9.63. The van der Waals surface area contributed by atoms with Crippen molar-refractivity contribution < 1.29 is 4.79 Å². The molecule has 0 aromatic rings. The van der Waals surface area contributed by atoms with Gasteiger partial charge in [0.05, 0.1) is 0 Å². The van der Waals surface area contributed by atoms with Crippen molar-refractivity contribution >= 4 is 5.91 Å². The highest BCUT2D eigenvalue weighted by molar-refractivity contribution is 5.79. The lowest BCUT2D eigenvalue weighted by Crippen LogP contribution is -2.51. The van der Waals surface area contributed by atoms with E-state index in [9.17, 15) is 4.79 Å². The molecule has 0 aromatic carbocycles. The van der Waals surface area contributed by atoms with Gasteiger partial charge in [-0.05, 0) is 63.2 Å². The predicted octanol–water partition coefficient (Wildman–Crippen LogP) is 3.18. The Morgan fingerprint density at radius 2 is 1.62 bits per heavy atom. The number of fused-ring (bicyclic) bond motifs is 2. The van der Waals surface area contributed by atoms with Crippen LogP contribution in [0.1, 0.15) is 65.2 Å². The average molecular weight is 292 g/mol. The van der Waals surface area contributed by atoms with Crippen LogP contribution in [0.3, 0.4) is 0 Å². The molecule has 4 unspecified atom stereocenters. The van der Waals surface area contributed by atoms with Gasteiger partial charge < -0.3 is 10.6 Å². The summed E-state index contributed by atoms with van der Waals surface area (Å²) in [7, 11) is 0. The van der Waals surface area contributed by atoms with E-state index >= 15 is 0 Å². The van der Waals surface area contributed by atoms with E-state index in [-0.39, 0.29) is 5.92 Å². The zero-order valence-corrected chi connectivity index (χ0v) is 13.8. The molecule has 3 rings (SSSR count). The Morgan fingerprint density at radius 3 is 2.29 bits per heavy atom. The minimum absolute atomic E-state index is 0.257. The minimum atomic E-state index is 0.257. The van der Waals surface area contributed by atoms with Crippen molar-refractivity contribution in [1.82, 2.24) is 4.90 Å². The van der Waals surface area contributed by atoms with Crippen molar-refractivity contribution in [2.75, 3.05) is 6.54 Å². The number of likely N-dealkylation sites (tertiary alicyclic amines) is 1. The van der Waals surface area contributed by atoms with Crippen LogP contribution in [0.5, 0.6) is 0 Å². The first-order chi connectivity index (χ1) is 10.1. The van der Waals surface area contributed by atoms with Gasteiger partial charge in [-0.25, -0.2) is 0 Å². The van der Waals surface area contributed by atoms with Crippen molar-refractivity contribution in [3.05, 3.63) is 0 Å². The molecule has 120 valence electrons. The molecule has 1 saturated heterocycles. The van der Waals surface area contributed by atoms with Gasteiger partial charge in [-0.15, -0.1) is 0 Å². The molecule has 2 bridgehead atoms. The molecule has 2 N–H and O–H groups in total. The smallest absolute Gasteiger partial charge is 0.225 e. The lowest BCUT2D eigenvalue weighted by Gasteiger charge is -2.45. The maximum Gasteiger partial charge on any atom is 0.225 e. The largest absolute Gasteiger partial charge is 0.339 e. The van der Waals surface area contributed by atoms with E-state index in [2.05, 4.69) is 18.7 Å². The van der Waals surface area contributed by atoms with Gasteiger partial charge in [0.1, 0.15) is 0 Å². The lowest BCUT2D eigenvalue weighted by atomic mass is 9.65. The number of carbonyl (C=O) groups is 1. The highest BCUT2D eigenvalue weighted by Crippen LogP contribution is 2.42. The van der Waals surface area contributed by atoms with Gasteiger partial charge in [0, 0.05) is 24.5 Å². The van der Waals surface area contributed by atoms with Crippen LogP contribution in [-0.2, 0) is 4.79 Å². The fourth-order valence-corrected chi connectivity index (χ4v) is 5.06. The van der Waals surface area contributed by atoms with Gasteiger partial charge in [-0.1, -0.05) is 19.8 Å². The van der Waals surface area contributed by atoms with Crippen LogP contribution >= 0.6 is 0 Å². The van der Waals surface area contributed by atoms with E-state index in [1.54, 1.807) is 0 Å². The van der Waals surface area contributed by atoms with E-state index in [1.165, 1.54) is 38.5 Å². The third-order valence-corrected chi connectivity index (χ3v) is 6.40. The quantitative estimate of drug-likeness (QED) is 0.807. The molecule has 3 aliphatic rings. The van der Waals surface area contributed by atoms with Crippen LogP contribution in [-0.4, -0.2) is 29.4 Å². The molecular formula is C18H32N2O. The molecule has 2 aliphatic carbocycles. The first kappa shape index (κ1) is 15.3. The van der Waals surface area contributed by atoms with Crippen molar-refractivity contribution in [2.24, 2.45) is 29.4 Å². The summed E-state index contributed by atoms with van der Waals surface area (Å²) in [5.41, 5.74) is 6.37. The Bertz CT molecular complexity index is 369. The Balaban J connectivity index is 1.69. The number of rotatable bonds is 1. The summed E-state index contributed by atoms with van der Waals surface area (Å²) in [5, 5.41) is 0. The Labute approximate surface area is 129 Å². The number of nitrogens with two attached hydrogens (primary N) is 1. The SMILES string of the molecule is CC1CCCC(C)N(C(=O)C2CC3CCCC(C2)C3N)C1. The first-order valence-corrected chi connectivity index (χ1v) is 9.12. The van der Waals surface area contributed by atoms with Gasteiger partial charge in [0.15, 0.2) is 0 Å². The predicted molar refractivity (Wildman–Crippen MR) is 85.7 cm³/mol. The van der Waals surface area contributed by atoms with Crippen LogP contribution < -0.4 is 5.73 Å². The van der Waals surface area contributed by atoms with Gasteiger partial charge in [0.2, 0.25) is 5.91 Å². The normalized spacial score (nSPS) is 44.2. The molecule has 1 heterocycles. The molecule has 4 atom stereocenters. The molecule has 1 amide bonds. The number of nitrogens with zero attached hydrogens (tertiary/aromatic N) is 1. The maximum absolute atomic E-state index is 13.1. The van der Waals surface area contributed by atoms with E-state index in [0.29, 0.717) is 35.7 Å². The summed E-state index contributed by atoms with van der Waals surface area (Å²) in [4.78, 5) is 15.3. The third kappa shape index (κ3) is 3.13. The number of hydrogen-bond donors (Lipinski definition) is 1. The van der Waals surface area contributed by atoms with Crippen LogP contribution in [0.4, 0.5) is 0 Å². The molecule has 2 saturated carbocycles. The molecule has 21 heavy (non-hydrogen) atoms. The fraction of sp³-hybridized carbons (Fsp3) is 0.944. The topological polar surface area (TPSA) is 46.3 Å². The average Bonchev–Trinajstić information content (AvgIpc) is 2.59. The van der Waals surface area contributed by atoms with Crippen molar-refractivity contribution in [1.29, 1.82) is 0 Å². The van der Waals surface area contributed by atoms with E-state index in [0.717, 1.165) is 19.4 Å². The van der Waals surface area contributed by atoms with Crippen molar-refractivity contribution in [3.8, 4) is 0 Å². The minimum Gasteiger partial charge on any atom is -0.339 e. The number of hydrogen-bond acceptors (Lipinski definition) is 2. The van der Waals surface area contributed by atoms with Crippen LogP contribution in [0.2, 0.25) is 0 Å². The summed E-state index contributed by atoms with van der Waals surface area (Å²) in [6.45, 7) is 5.51. The zero-order chi connectivity index (χ0) is 15.0. The Morgan fingerprint density at radius 1 is 1.00 bits per heavy atom. The summed E-state index contributed by atoms with van der Waals surface area (Å²) < 4.78 is 0. The van der Waals surface area contributed by atoms with E-state index in [1.807, 2.05) is 0 Å². The van der Waals surface area contributed by atoms with Crippen LogP contribution in [0.25, 0.3) is 0 Å². The van der Waals surface area contributed by atoms with Crippen molar-refractivity contribution in [3.63, 3.8) is 0 Å². The second-order valence-corrected chi connectivity index (χ2v) is 8.07. The second-order valence-electron chi connectivity index (χ2n) is 8.07. The molecule has 0 aromatic heterocycles. The highest BCUT2D eigenvalue weighted by atomic mass is 16.2. The molecule has 1 aliphatic heterocycles. The zero-order valence-electron chi connectivity index (χ0n) is 13.8. The van der Waals surface area contributed by atoms with Gasteiger partial charge in [-0.3, -0.25) is 4.79 Å². The van der Waals surface area contributed by atoms with E-state index < -0.39 is 0 Å².